The van der Waals surface area contributed by atoms with Crippen molar-refractivity contribution in [1.82, 2.24) is 5.32 Å². The second kappa shape index (κ2) is 8.48. The summed E-state index contributed by atoms with van der Waals surface area (Å²) < 4.78 is 5.12. The Balaban J connectivity index is 1.92. The van der Waals surface area contributed by atoms with Gasteiger partial charge in [-0.15, -0.1) is 6.58 Å². The van der Waals surface area contributed by atoms with E-state index in [-0.39, 0.29) is 25.5 Å². The largest absolute Gasteiger partial charge is 0.480 e. The van der Waals surface area contributed by atoms with E-state index in [1.54, 1.807) is 0 Å². The van der Waals surface area contributed by atoms with Gasteiger partial charge in [-0.2, -0.15) is 0 Å². The zero-order valence-electron chi connectivity index (χ0n) is 13.2. The van der Waals surface area contributed by atoms with E-state index in [4.69, 9.17) is 9.84 Å². The third-order valence-electron chi connectivity index (χ3n) is 3.93. The van der Waals surface area contributed by atoms with Gasteiger partial charge in [0.1, 0.15) is 0 Å². The molecule has 1 aliphatic rings. The van der Waals surface area contributed by atoms with Crippen LogP contribution in [0.4, 0.5) is 0 Å². The van der Waals surface area contributed by atoms with Crippen LogP contribution in [0.5, 0.6) is 0 Å². The predicted molar refractivity (Wildman–Crippen MR) is 87.4 cm³/mol. The summed E-state index contributed by atoms with van der Waals surface area (Å²) in [6.07, 6.45) is 6.27. The molecule has 2 rings (SSSR count). The maximum absolute atomic E-state index is 12.1. The number of carbonyl (C=O) groups excluding carboxylic acids is 1. The van der Waals surface area contributed by atoms with E-state index in [0.717, 1.165) is 18.4 Å². The van der Waals surface area contributed by atoms with Crippen molar-refractivity contribution < 1.29 is 19.4 Å². The van der Waals surface area contributed by atoms with Crippen molar-refractivity contribution in [3.8, 4) is 0 Å². The minimum absolute atomic E-state index is 0.0721. The Kier molecular flexibility index (Phi) is 6.35. The van der Waals surface area contributed by atoms with Crippen LogP contribution in [0.15, 0.2) is 30.9 Å². The number of rotatable bonds is 8. The Bertz CT molecular complexity index is 582. The number of benzene rings is 1. The lowest BCUT2D eigenvalue weighted by atomic mass is 9.90. The first kappa shape index (κ1) is 17.2. The second-order valence-corrected chi connectivity index (χ2v) is 5.77. The van der Waals surface area contributed by atoms with Gasteiger partial charge in [-0.3, -0.25) is 4.79 Å². The van der Waals surface area contributed by atoms with Gasteiger partial charge < -0.3 is 15.2 Å². The molecule has 1 aromatic rings. The highest BCUT2D eigenvalue weighted by molar-refractivity contribution is 5.85. The van der Waals surface area contributed by atoms with Gasteiger partial charge in [0.25, 0.3) is 0 Å². The van der Waals surface area contributed by atoms with Crippen LogP contribution in [0.1, 0.15) is 29.5 Å². The van der Waals surface area contributed by atoms with Crippen molar-refractivity contribution in [2.75, 3.05) is 13.2 Å². The van der Waals surface area contributed by atoms with Crippen LogP contribution in [0, 0.1) is 0 Å². The number of nitrogens with one attached hydrogen (secondary N) is 1. The van der Waals surface area contributed by atoms with Crippen LogP contribution in [0.3, 0.4) is 0 Å². The first-order valence-electron chi connectivity index (χ1n) is 7.91. The van der Waals surface area contributed by atoms with E-state index in [2.05, 4.69) is 24.0 Å². The first-order valence-corrected chi connectivity index (χ1v) is 7.91. The summed E-state index contributed by atoms with van der Waals surface area (Å²) in [5.74, 6) is -1.41. The zero-order valence-corrected chi connectivity index (χ0v) is 13.2. The first-order chi connectivity index (χ1) is 11.1. The molecule has 2 N–H and O–H groups in total. The van der Waals surface area contributed by atoms with E-state index >= 15 is 0 Å². The van der Waals surface area contributed by atoms with Gasteiger partial charge >= 0.3 is 5.97 Å². The number of fused-ring (bicyclic) bond motifs is 1. The maximum atomic E-state index is 12.1. The lowest BCUT2D eigenvalue weighted by Gasteiger charge is -2.17. The van der Waals surface area contributed by atoms with Gasteiger partial charge in [0.2, 0.25) is 5.91 Å². The van der Waals surface area contributed by atoms with Gasteiger partial charge in [-0.1, -0.05) is 24.3 Å². The molecule has 1 atom stereocenters. The summed E-state index contributed by atoms with van der Waals surface area (Å²) in [6.45, 7) is 3.68. The van der Waals surface area contributed by atoms with Crippen molar-refractivity contribution in [1.29, 1.82) is 0 Å². The number of carboxylic acid groups (broad SMARTS) is 1. The number of ether oxygens (including phenoxy) is 1. The van der Waals surface area contributed by atoms with E-state index in [9.17, 15) is 9.59 Å². The van der Waals surface area contributed by atoms with Gasteiger partial charge in [-0.05, 0) is 42.4 Å². The highest BCUT2D eigenvalue weighted by atomic mass is 16.5. The fourth-order valence-corrected chi connectivity index (χ4v) is 2.77. The fourth-order valence-electron chi connectivity index (χ4n) is 2.77. The molecule has 1 amide bonds. The molecule has 5 heteroatoms. The van der Waals surface area contributed by atoms with Crippen LogP contribution in [0.2, 0.25) is 0 Å². The summed E-state index contributed by atoms with van der Waals surface area (Å²) in [5.41, 5.74) is 3.59. The molecule has 5 nitrogen and oxygen atoms in total. The molecule has 0 saturated carbocycles. The lowest BCUT2D eigenvalue weighted by molar-refractivity contribution is -0.143. The third-order valence-corrected chi connectivity index (χ3v) is 3.93. The fraction of sp³-hybridized carbons (Fsp3) is 0.444. The summed E-state index contributed by atoms with van der Waals surface area (Å²) in [6, 6.07) is 5.06. The molecular formula is C18H23NO4. The van der Waals surface area contributed by atoms with Gasteiger partial charge in [0, 0.05) is 0 Å². The number of amides is 1. The number of aliphatic carboxylic acids is 1. The van der Waals surface area contributed by atoms with Crippen LogP contribution >= 0.6 is 0 Å². The number of carbonyl (C=O) groups is 2. The minimum atomic E-state index is -1.10. The minimum Gasteiger partial charge on any atom is -0.480 e. The zero-order chi connectivity index (χ0) is 16.7. The third kappa shape index (κ3) is 5.21. The van der Waals surface area contributed by atoms with E-state index < -0.39 is 12.0 Å². The SMILES string of the molecule is C=CCOCC(NC(=O)Cc1ccc2c(c1)CCCC2)C(=O)O. The standard InChI is InChI=1S/C18H23NO4/c1-2-9-23-12-16(18(21)22)19-17(20)11-13-7-8-14-5-3-4-6-15(14)10-13/h2,7-8,10,16H,1,3-6,9,11-12H2,(H,19,20)(H,21,22). The quantitative estimate of drug-likeness (QED) is 0.567. The summed E-state index contributed by atoms with van der Waals surface area (Å²) in [7, 11) is 0. The van der Waals surface area contributed by atoms with Crippen LogP contribution < -0.4 is 5.32 Å². The lowest BCUT2D eigenvalue weighted by Crippen LogP contribution is -2.44. The molecule has 0 radical (unpaired) electrons. The Hall–Kier alpha value is -2.14. The van der Waals surface area contributed by atoms with Crippen molar-refractivity contribution >= 4 is 11.9 Å². The highest BCUT2D eigenvalue weighted by Crippen LogP contribution is 2.22. The Morgan fingerprint density at radius 1 is 1.30 bits per heavy atom. The van der Waals surface area contributed by atoms with Gasteiger partial charge in [-0.25, -0.2) is 4.79 Å². The van der Waals surface area contributed by atoms with Crippen LogP contribution in [0.25, 0.3) is 0 Å². The monoisotopic (exact) mass is 317 g/mol. The molecule has 1 aromatic carbocycles. The molecule has 0 bridgehead atoms. The van der Waals surface area contributed by atoms with Crippen LogP contribution in [-0.4, -0.2) is 36.2 Å². The molecule has 0 aliphatic heterocycles. The maximum Gasteiger partial charge on any atom is 0.328 e. The normalized spacial score (nSPS) is 14.6. The molecule has 124 valence electrons. The smallest absolute Gasteiger partial charge is 0.328 e. The van der Waals surface area contributed by atoms with Crippen molar-refractivity contribution in [3.63, 3.8) is 0 Å². The molecule has 1 unspecified atom stereocenters. The number of carboxylic acids is 1. The Morgan fingerprint density at radius 3 is 2.74 bits per heavy atom. The Morgan fingerprint density at radius 2 is 2.04 bits per heavy atom. The number of hydrogen-bond acceptors (Lipinski definition) is 3. The second-order valence-electron chi connectivity index (χ2n) is 5.77. The number of hydrogen-bond donors (Lipinski definition) is 2. The molecule has 23 heavy (non-hydrogen) atoms. The molecular weight excluding hydrogens is 294 g/mol. The average Bonchev–Trinajstić information content (AvgIpc) is 2.54. The summed E-state index contributed by atoms with van der Waals surface area (Å²) in [4.78, 5) is 23.2. The highest BCUT2D eigenvalue weighted by Gasteiger charge is 2.20. The number of aryl methyl sites for hydroxylation is 2. The topological polar surface area (TPSA) is 75.6 Å². The van der Waals surface area contributed by atoms with Crippen LogP contribution in [-0.2, 0) is 33.6 Å². The van der Waals surface area contributed by atoms with Crippen molar-refractivity contribution in [2.24, 2.45) is 0 Å². The van der Waals surface area contributed by atoms with Crippen molar-refractivity contribution in [3.05, 3.63) is 47.5 Å². The average molecular weight is 317 g/mol. The van der Waals surface area contributed by atoms with E-state index in [1.165, 1.54) is 30.0 Å². The van der Waals surface area contributed by atoms with Gasteiger partial charge in [0.15, 0.2) is 6.04 Å². The molecule has 0 saturated heterocycles. The summed E-state index contributed by atoms with van der Waals surface area (Å²) in [5, 5.41) is 11.6. The predicted octanol–water partition coefficient (Wildman–Crippen LogP) is 1.88. The summed E-state index contributed by atoms with van der Waals surface area (Å²) >= 11 is 0. The Labute approximate surface area is 136 Å². The van der Waals surface area contributed by atoms with Crippen molar-refractivity contribution in [2.45, 2.75) is 38.1 Å². The molecule has 1 aliphatic carbocycles. The molecule has 0 heterocycles. The van der Waals surface area contributed by atoms with E-state index in [0.29, 0.717) is 0 Å². The molecule has 0 fully saturated rings. The van der Waals surface area contributed by atoms with E-state index in [1.807, 2.05) is 6.07 Å². The molecule has 0 spiro atoms. The molecule has 0 aromatic heterocycles. The van der Waals surface area contributed by atoms with Gasteiger partial charge in [0.05, 0.1) is 19.6 Å².